The van der Waals surface area contributed by atoms with Gasteiger partial charge in [0.1, 0.15) is 0 Å². The van der Waals surface area contributed by atoms with Crippen LogP contribution in [-0.4, -0.2) is 40.6 Å². The minimum Gasteiger partial charge on any atom is -0.378 e. The zero-order valence-corrected chi connectivity index (χ0v) is 15.2. The van der Waals surface area contributed by atoms with E-state index in [-0.39, 0.29) is 5.69 Å². The van der Waals surface area contributed by atoms with E-state index < -0.39 is 4.92 Å². The van der Waals surface area contributed by atoms with Crippen LogP contribution in [0.15, 0.2) is 48.7 Å². The fourth-order valence-corrected chi connectivity index (χ4v) is 4.39. The minimum absolute atomic E-state index is 0.0837. The summed E-state index contributed by atoms with van der Waals surface area (Å²) in [6.07, 6.45) is 2.00. The van der Waals surface area contributed by atoms with Crippen LogP contribution in [0.1, 0.15) is 0 Å². The van der Waals surface area contributed by atoms with Gasteiger partial charge in [0, 0.05) is 42.7 Å². The van der Waals surface area contributed by atoms with Crippen LogP contribution in [0.2, 0.25) is 0 Å². The van der Waals surface area contributed by atoms with Crippen molar-refractivity contribution in [2.75, 3.05) is 31.2 Å². The number of non-ortho nitro benzene ring substituents is 1. The summed E-state index contributed by atoms with van der Waals surface area (Å²) in [7, 11) is 0. The third-order valence-electron chi connectivity index (χ3n) is 4.83. The first-order chi connectivity index (χ1) is 13.2. The Morgan fingerprint density at radius 1 is 1.11 bits per heavy atom. The number of benzene rings is 2. The molecule has 8 heteroatoms. The molecule has 1 fully saturated rings. The van der Waals surface area contributed by atoms with Crippen molar-refractivity contribution in [1.82, 2.24) is 9.38 Å². The number of nitro groups is 1. The van der Waals surface area contributed by atoms with Crippen LogP contribution in [0.25, 0.3) is 26.4 Å². The topological polar surface area (TPSA) is 72.9 Å². The monoisotopic (exact) mass is 380 g/mol. The molecule has 0 spiro atoms. The average Bonchev–Trinajstić information content (AvgIpc) is 3.26. The smallest absolute Gasteiger partial charge is 0.269 e. The van der Waals surface area contributed by atoms with Gasteiger partial charge in [-0.2, -0.15) is 0 Å². The number of nitrogens with zero attached hydrogens (tertiary/aromatic N) is 4. The molecule has 0 aliphatic carbocycles. The number of imidazole rings is 1. The zero-order valence-electron chi connectivity index (χ0n) is 14.4. The predicted molar refractivity (Wildman–Crippen MR) is 106 cm³/mol. The van der Waals surface area contributed by atoms with Gasteiger partial charge >= 0.3 is 0 Å². The third kappa shape index (κ3) is 2.83. The fourth-order valence-electron chi connectivity index (χ4n) is 3.40. The van der Waals surface area contributed by atoms with Crippen LogP contribution >= 0.6 is 11.3 Å². The summed E-state index contributed by atoms with van der Waals surface area (Å²) < 4.78 is 8.73. The van der Waals surface area contributed by atoms with Crippen LogP contribution in [0.5, 0.6) is 0 Å². The molecule has 4 aromatic rings. The highest BCUT2D eigenvalue weighted by Gasteiger charge is 2.15. The van der Waals surface area contributed by atoms with Crippen LogP contribution in [-0.2, 0) is 4.74 Å². The Morgan fingerprint density at radius 3 is 2.63 bits per heavy atom. The maximum absolute atomic E-state index is 10.8. The number of nitro benzene ring substituents is 1. The van der Waals surface area contributed by atoms with Crippen LogP contribution in [0, 0.1) is 10.1 Å². The van der Waals surface area contributed by atoms with Crippen molar-refractivity contribution in [3.8, 4) is 11.3 Å². The van der Waals surface area contributed by atoms with E-state index in [1.165, 1.54) is 22.5 Å². The first kappa shape index (κ1) is 16.2. The summed E-state index contributed by atoms with van der Waals surface area (Å²) in [6.45, 7) is 3.31. The number of hydrogen-bond acceptors (Lipinski definition) is 6. The van der Waals surface area contributed by atoms with Gasteiger partial charge in [-0.05, 0) is 30.3 Å². The first-order valence-electron chi connectivity index (χ1n) is 8.68. The largest absolute Gasteiger partial charge is 0.378 e. The first-order valence-corrected chi connectivity index (χ1v) is 9.50. The molecule has 1 aliphatic heterocycles. The number of anilines is 1. The molecule has 0 N–H and O–H groups in total. The van der Waals surface area contributed by atoms with Crippen molar-refractivity contribution in [3.63, 3.8) is 0 Å². The van der Waals surface area contributed by atoms with Crippen LogP contribution in [0.4, 0.5) is 11.4 Å². The molecule has 0 saturated carbocycles. The summed E-state index contributed by atoms with van der Waals surface area (Å²) >= 11 is 1.64. The lowest BCUT2D eigenvalue weighted by Crippen LogP contribution is -2.36. The second-order valence-electron chi connectivity index (χ2n) is 6.44. The lowest BCUT2D eigenvalue weighted by molar-refractivity contribution is -0.384. The fraction of sp³-hybridized carbons (Fsp3) is 0.211. The number of fused-ring (bicyclic) bond motifs is 3. The predicted octanol–water partition coefficient (Wildman–Crippen LogP) is 3.96. The zero-order chi connectivity index (χ0) is 18.4. The summed E-state index contributed by atoms with van der Waals surface area (Å²) in [6, 6.07) is 13.0. The summed E-state index contributed by atoms with van der Waals surface area (Å²) in [5.74, 6) is 0. The Morgan fingerprint density at radius 2 is 1.89 bits per heavy atom. The van der Waals surface area contributed by atoms with Gasteiger partial charge in [-0.1, -0.05) is 11.3 Å². The highest BCUT2D eigenvalue weighted by Crippen LogP contribution is 2.32. The molecule has 7 nitrogen and oxygen atoms in total. The highest BCUT2D eigenvalue weighted by molar-refractivity contribution is 7.23. The number of ether oxygens (including phenoxy) is 1. The molecule has 0 radical (unpaired) electrons. The van der Waals surface area contributed by atoms with Gasteiger partial charge in [0.25, 0.3) is 5.69 Å². The molecule has 2 aromatic carbocycles. The Bertz CT molecular complexity index is 1140. The standard InChI is InChI=1S/C19H16N4O3S/c24-23(25)14-3-1-13(2-4-14)16-12-22-17-11-15(21-7-9-26-10-8-21)5-6-18(17)27-19(22)20-16/h1-6,11-12H,7-10H2. The van der Waals surface area contributed by atoms with Crippen molar-refractivity contribution in [2.45, 2.75) is 0 Å². The Labute approximate surface area is 158 Å². The lowest BCUT2D eigenvalue weighted by Gasteiger charge is -2.28. The van der Waals surface area contributed by atoms with E-state index in [1.54, 1.807) is 23.5 Å². The summed E-state index contributed by atoms with van der Waals surface area (Å²) in [5, 5.41) is 10.8. The molecule has 0 atom stereocenters. The van der Waals surface area contributed by atoms with E-state index in [0.29, 0.717) is 0 Å². The van der Waals surface area contributed by atoms with Gasteiger partial charge in [-0.15, -0.1) is 0 Å². The molecule has 2 aromatic heterocycles. The van der Waals surface area contributed by atoms with Crippen molar-refractivity contribution >= 4 is 37.9 Å². The Hall–Kier alpha value is -2.97. The Balaban J connectivity index is 1.55. The average molecular weight is 380 g/mol. The van der Waals surface area contributed by atoms with E-state index in [9.17, 15) is 10.1 Å². The van der Waals surface area contributed by atoms with Crippen LogP contribution < -0.4 is 4.90 Å². The van der Waals surface area contributed by atoms with Crippen molar-refractivity contribution in [2.24, 2.45) is 0 Å². The number of aromatic nitrogens is 2. The van der Waals surface area contributed by atoms with Gasteiger partial charge < -0.3 is 9.64 Å². The van der Waals surface area contributed by atoms with Crippen molar-refractivity contribution < 1.29 is 9.66 Å². The molecule has 3 heterocycles. The molecule has 0 amide bonds. The van der Waals surface area contributed by atoms with E-state index in [0.717, 1.165) is 48.0 Å². The van der Waals surface area contributed by atoms with Gasteiger partial charge in [0.05, 0.1) is 34.0 Å². The molecular formula is C19H16N4O3S. The van der Waals surface area contributed by atoms with Gasteiger partial charge in [0.15, 0.2) is 4.96 Å². The SMILES string of the molecule is O=[N+]([O-])c1ccc(-c2cn3c(n2)sc2ccc(N4CCOCC4)cc23)cc1. The highest BCUT2D eigenvalue weighted by atomic mass is 32.1. The number of thiazole rings is 1. The Kier molecular flexibility index (Phi) is 3.80. The molecular weight excluding hydrogens is 364 g/mol. The lowest BCUT2D eigenvalue weighted by atomic mass is 10.1. The maximum Gasteiger partial charge on any atom is 0.269 e. The molecule has 1 saturated heterocycles. The molecule has 27 heavy (non-hydrogen) atoms. The normalized spacial score (nSPS) is 14.9. The third-order valence-corrected chi connectivity index (χ3v) is 5.86. The van der Waals surface area contributed by atoms with E-state index >= 15 is 0 Å². The maximum atomic E-state index is 10.8. The van der Waals surface area contributed by atoms with Crippen molar-refractivity contribution in [3.05, 3.63) is 58.8 Å². The number of rotatable bonds is 3. The second kappa shape index (κ2) is 6.33. The number of hydrogen-bond donors (Lipinski definition) is 0. The van der Waals surface area contributed by atoms with E-state index in [2.05, 4.69) is 27.5 Å². The minimum atomic E-state index is -0.393. The molecule has 1 aliphatic rings. The molecule has 0 bridgehead atoms. The van der Waals surface area contributed by atoms with E-state index in [4.69, 9.17) is 9.72 Å². The summed E-state index contributed by atoms with van der Waals surface area (Å²) in [4.78, 5) is 18.4. The second-order valence-corrected chi connectivity index (χ2v) is 7.45. The van der Waals surface area contributed by atoms with Crippen molar-refractivity contribution in [1.29, 1.82) is 0 Å². The quantitative estimate of drug-likeness (QED) is 0.397. The van der Waals surface area contributed by atoms with Gasteiger partial charge in [-0.3, -0.25) is 14.5 Å². The van der Waals surface area contributed by atoms with Gasteiger partial charge in [0.2, 0.25) is 0 Å². The van der Waals surface area contributed by atoms with Gasteiger partial charge in [-0.25, -0.2) is 4.98 Å². The molecule has 5 rings (SSSR count). The summed E-state index contributed by atoms with van der Waals surface area (Å²) in [5.41, 5.74) is 4.08. The number of morpholine rings is 1. The molecule has 0 unspecified atom stereocenters. The van der Waals surface area contributed by atoms with Crippen LogP contribution in [0.3, 0.4) is 0 Å². The van der Waals surface area contributed by atoms with E-state index in [1.807, 2.05) is 6.20 Å². The molecule has 136 valence electrons.